The van der Waals surface area contributed by atoms with Crippen LogP contribution in [0.2, 0.25) is 0 Å². The molecule has 5 rings (SSSR count). The average Bonchev–Trinajstić information content (AvgIpc) is 3.46. The molecule has 0 spiro atoms. The number of benzene rings is 2. The molecule has 0 bridgehead atoms. The molecule has 0 N–H and O–H groups in total. The Hall–Kier alpha value is -2.68. The number of hydrogen-bond donors (Lipinski definition) is 0. The molecule has 30 heavy (non-hydrogen) atoms. The van der Waals surface area contributed by atoms with Crippen molar-refractivity contribution >= 4 is 21.9 Å². The highest BCUT2D eigenvalue weighted by Crippen LogP contribution is 2.38. The summed E-state index contributed by atoms with van der Waals surface area (Å²) in [6.07, 6.45) is 3.45. The number of fused-ring (bicyclic) bond motifs is 3. The number of halogens is 1. The van der Waals surface area contributed by atoms with E-state index < -0.39 is 24.9 Å². The van der Waals surface area contributed by atoms with Gasteiger partial charge in [-0.1, -0.05) is 51.7 Å². The summed E-state index contributed by atoms with van der Waals surface area (Å²) in [5.74, 6) is -1.71. The fraction of sp³-hybridized carbons (Fsp3) is 0.370. The van der Waals surface area contributed by atoms with Gasteiger partial charge in [-0.15, -0.1) is 0 Å². The summed E-state index contributed by atoms with van der Waals surface area (Å²) in [6.45, 7) is 1.11. The predicted octanol–water partition coefficient (Wildman–Crippen LogP) is 7.95. The highest BCUT2D eigenvalue weighted by Gasteiger charge is 2.21. The lowest BCUT2D eigenvalue weighted by molar-refractivity contribution is 0.542. The Labute approximate surface area is 185 Å². The third kappa shape index (κ3) is 3.30. The summed E-state index contributed by atoms with van der Waals surface area (Å²) in [6, 6.07) is 8.96. The maximum Gasteiger partial charge on any atom is 0.147 e. The van der Waals surface area contributed by atoms with Crippen molar-refractivity contribution in [2.75, 3.05) is 0 Å². The van der Waals surface area contributed by atoms with Gasteiger partial charge in [0.25, 0.3) is 0 Å². The second kappa shape index (κ2) is 7.54. The van der Waals surface area contributed by atoms with Crippen LogP contribution >= 0.6 is 0 Å². The summed E-state index contributed by atoms with van der Waals surface area (Å²) < 4.78 is 70.7. The van der Waals surface area contributed by atoms with Crippen LogP contribution in [0.3, 0.4) is 0 Å². The Morgan fingerprint density at radius 2 is 2.07 bits per heavy atom. The van der Waals surface area contributed by atoms with E-state index in [1.807, 2.05) is 0 Å². The van der Waals surface area contributed by atoms with E-state index in [-0.39, 0.29) is 28.0 Å². The van der Waals surface area contributed by atoms with Crippen molar-refractivity contribution in [1.82, 2.24) is 4.98 Å². The van der Waals surface area contributed by atoms with E-state index in [0.29, 0.717) is 27.8 Å². The molecule has 0 radical (unpaired) electrons. The molecule has 3 heteroatoms. The quantitative estimate of drug-likeness (QED) is 0.343. The van der Waals surface area contributed by atoms with Crippen molar-refractivity contribution in [3.05, 3.63) is 65.1 Å². The van der Waals surface area contributed by atoms with Crippen molar-refractivity contribution in [2.24, 2.45) is 5.92 Å². The van der Waals surface area contributed by atoms with Crippen molar-refractivity contribution in [2.45, 2.75) is 58.6 Å². The molecule has 154 valence electrons. The topological polar surface area (TPSA) is 26.0 Å². The standard InChI is InChI=1S/C27H28FNO/c1-16(2)22-15-29-24(14-19(22)13-18-6-4-5-7-18)20-10-11-23(28)26-21-9-8-17(3)12-25(21)30-27(20)26/h8-12,14-16,18H,4-7,13H2,1-3H3/i3D3,13D2,16D. The Kier molecular flexibility index (Phi) is 3.41. The minimum atomic E-state index is -2.32. The smallest absolute Gasteiger partial charge is 0.147 e. The number of aryl methyl sites for hydroxylation is 1. The molecule has 2 heterocycles. The third-order valence-corrected chi connectivity index (χ3v) is 6.00. The largest absolute Gasteiger partial charge is 0.455 e. The molecular formula is C27H28FNO. The second-order valence-corrected chi connectivity index (χ2v) is 8.35. The molecule has 1 aliphatic carbocycles. The zero-order valence-electron chi connectivity index (χ0n) is 23.2. The molecule has 2 aromatic heterocycles. The first-order valence-corrected chi connectivity index (χ1v) is 10.4. The maximum atomic E-state index is 15.0. The van der Waals surface area contributed by atoms with E-state index in [0.717, 1.165) is 25.7 Å². The zero-order chi connectivity index (χ0) is 26.0. The first kappa shape index (κ1) is 13.6. The van der Waals surface area contributed by atoms with E-state index in [2.05, 4.69) is 4.98 Å². The van der Waals surface area contributed by atoms with Gasteiger partial charge in [-0.25, -0.2) is 4.39 Å². The van der Waals surface area contributed by atoms with E-state index in [4.69, 9.17) is 12.6 Å². The van der Waals surface area contributed by atoms with Gasteiger partial charge in [0.15, 0.2) is 0 Å². The third-order valence-electron chi connectivity index (χ3n) is 6.00. The molecule has 0 atom stereocenters. The van der Waals surface area contributed by atoms with Gasteiger partial charge >= 0.3 is 0 Å². The first-order valence-electron chi connectivity index (χ1n) is 13.4. The lowest BCUT2D eigenvalue weighted by Crippen LogP contribution is -2.05. The van der Waals surface area contributed by atoms with Gasteiger partial charge in [-0.05, 0) is 66.0 Å². The fourth-order valence-electron chi connectivity index (χ4n) is 4.45. The van der Waals surface area contributed by atoms with Crippen molar-refractivity contribution < 1.29 is 17.0 Å². The Morgan fingerprint density at radius 1 is 1.23 bits per heavy atom. The van der Waals surface area contributed by atoms with Crippen molar-refractivity contribution in [1.29, 1.82) is 0 Å². The van der Waals surface area contributed by atoms with Crippen LogP contribution in [0.5, 0.6) is 0 Å². The van der Waals surface area contributed by atoms with Crippen LogP contribution in [-0.2, 0) is 6.37 Å². The molecule has 4 aromatic rings. The molecule has 1 aliphatic rings. The van der Waals surface area contributed by atoms with E-state index in [1.54, 1.807) is 38.2 Å². The van der Waals surface area contributed by atoms with Crippen LogP contribution < -0.4 is 0 Å². The predicted molar refractivity (Wildman–Crippen MR) is 121 cm³/mol. The monoisotopic (exact) mass is 407 g/mol. The minimum Gasteiger partial charge on any atom is -0.455 e. The van der Waals surface area contributed by atoms with Crippen LogP contribution in [0, 0.1) is 18.6 Å². The highest BCUT2D eigenvalue weighted by molar-refractivity contribution is 6.09. The molecule has 1 fully saturated rings. The molecule has 2 aromatic carbocycles. The van der Waals surface area contributed by atoms with Gasteiger partial charge < -0.3 is 4.42 Å². The number of furan rings is 1. The molecule has 0 amide bonds. The van der Waals surface area contributed by atoms with Gasteiger partial charge in [0.05, 0.1) is 11.1 Å². The lowest BCUT2D eigenvalue weighted by Gasteiger charge is -2.17. The summed E-state index contributed by atoms with van der Waals surface area (Å²) in [7, 11) is 0. The van der Waals surface area contributed by atoms with E-state index >= 15 is 0 Å². The number of rotatable bonds is 4. The SMILES string of the molecule is [2H]C([2H])([2H])c1ccc2c(c1)oc1c(-c3cc(C([2H])([2H])C4CCCC4)c(C([2H])(C)C)cn3)ccc(F)c12. The normalized spacial score (nSPS) is 19.3. The fourth-order valence-corrected chi connectivity index (χ4v) is 4.45. The Balaban J connectivity index is 1.74. The molecule has 0 unspecified atom stereocenters. The van der Waals surface area contributed by atoms with Crippen LogP contribution in [-0.4, -0.2) is 4.98 Å². The van der Waals surface area contributed by atoms with Crippen LogP contribution in [0.4, 0.5) is 4.39 Å². The molecular weight excluding hydrogens is 373 g/mol. The second-order valence-electron chi connectivity index (χ2n) is 8.35. The number of pyridine rings is 1. The van der Waals surface area contributed by atoms with E-state index in [1.165, 1.54) is 18.2 Å². The number of hydrogen-bond acceptors (Lipinski definition) is 2. The summed E-state index contributed by atoms with van der Waals surface area (Å²) in [4.78, 5) is 4.56. The number of nitrogens with zero attached hydrogens (tertiary/aromatic N) is 1. The van der Waals surface area contributed by atoms with Gasteiger partial charge in [-0.3, -0.25) is 4.98 Å². The van der Waals surface area contributed by atoms with Crippen molar-refractivity contribution in [3.63, 3.8) is 0 Å². The van der Waals surface area contributed by atoms with Gasteiger partial charge in [0.2, 0.25) is 0 Å². The Bertz CT molecular complexity index is 1460. The highest BCUT2D eigenvalue weighted by atomic mass is 19.1. The van der Waals surface area contributed by atoms with Crippen LogP contribution in [0.15, 0.2) is 47.0 Å². The van der Waals surface area contributed by atoms with Crippen LogP contribution in [0.25, 0.3) is 33.2 Å². The Morgan fingerprint density at radius 3 is 2.83 bits per heavy atom. The van der Waals surface area contributed by atoms with Crippen LogP contribution in [0.1, 0.15) is 70.3 Å². The molecule has 2 nitrogen and oxygen atoms in total. The van der Waals surface area contributed by atoms with Gasteiger partial charge in [0, 0.05) is 25.4 Å². The zero-order valence-corrected chi connectivity index (χ0v) is 17.2. The molecule has 1 saturated carbocycles. The van der Waals surface area contributed by atoms with Gasteiger partial charge in [-0.2, -0.15) is 0 Å². The van der Waals surface area contributed by atoms with Gasteiger partial charge in [0.1, 0.15) is 17.0 Å². The molecule has 0 saturated heterocycles. The first-order chi connectivity index (χ1) is 16.8. The number of aromatic nitrogens is 1. The lowest BCUT2D eigenvalue weighted by atomic mass is 9.90. The maximum absolute atomic E-state index is 15.0. The summed E-state index contributed by atoms with van der Waals surface area (Å²) in [5.41, 5.74) is 2.44. The summed E-state index contributed by atoms with van der Waals surface area (Å²) in [5, 5.41) is 0.689. The van der Waals surface area contributed by atoms with Crippen molar-refractivity contribution in [3.8, 4) is 11.3 Å². The summed E-state index contributed by atoms with van der Waals surface area (Å²) >= 11 is 0. The average molecular weight is 408 g/mol. The minimum absolute atomic E-state index is 0.100. The van der Waals surface area contributed by atoms with E-state index in [9.17, 15) is 4.39 Å². The molecule has 0 aliphatic heterocycles.